The zero-order valence-corrected chi connectivity index (χ0v) is 18.1. The molecule has 0 aliphatic carbocycles. The summed E-state index contributed by atoms with van der Waals surface area (Å²) in [6, 6.07) is 4.65. The summed E-state index contributed by atoms with van der Waals surface area (Å²) in [5.41, 5.74) is 5.44. The van der Waals surface area contributed by atoms with Gasteiger partial charge in [-0.1, -0.05) is 0 Å². The standard InChI is InChI=1S/C18H29N3O5S.ClH/c1-3-25-16-8-7-15(14-17(16)26-4-2)27(23,24)21-12-10-20(11-13-21)18(22)6-5-9-19;/h7-8,14H,3-6,9-13,19H2,1-2H3;1H. The van der Waals surface area contributed by atoms with Crippen LogP contribution in [0, 0.1) is 0 Å². The SMILES string of the molecule is CCOc1ccc(S(=O)(=O)N2CCN(C(=O)CCCN)CC2)cc1OCC.Cl. The van der Waals surface area contributed by atoms with Gasteiger partial charge >= 0.3 is 0 Å². The Bertz CT molecular complexity index is 737. The molecule has 0 radical (unpaired) electrons. The first kappa shape index (κ1) is 24.5. The number of halogens is 1. The van der Waals surface area contributed by atoms with Crippen molar-refractivity contribution in [3.8, 4) is 11.5 Å². The highest BCUT2D eigenvalue weighted by Gasteiger charge is 2.30. The Morgan fingerprint density at radius 1 is 1.07 bits per heavy atom. The van der Waals surface area contributed by atoms with E-state index in [1.165, 1.54) is 16.4 Å². The number of amides is 1. The molecule has 1 amide bonds. The zero-order valence-electron chi connectivity index (χ0n) is 16.4. The molecule has 1 heterocycles. The quantitative estimate of drug-likeness (QED) is 0.630. The molecular weight excluding hydrogens is 406 g/mol. The number of carbonyl (C=O) groups excluding carboxylic acids is 1. The summed E-state index contributed by atoms with van der Waals surface area (Å²) in [5, 5.41) is 0. The van der Waals surface area contributed by atoms with E-state index in [9.17, 15) is 13.2 Å². The molecule has 1 aromatic carbocycles. The van der Waals surface area contributed by atoms with Crippen molar-refractivity contribution < 1.29 is 22.7 Å². The number of carbonyl (C=O) groups is 1. The largest absolute Gasteiger partial charge is 0.490 e. The maximum Gasteiger partial charge on any atom is 0.243 e. The molecule has 1 aliphatic heterocycles. The third kappa shape index (κ3) is 5.97. The number of ether oxygens (including phenoxy) is 2. The molecule has 1 fully saturated rings. The zero-order chi connectivity index (χ0) is 19.9. The number of hydrogen-bond donors (Lipinski definition) is 1. The first-order valence-electron chi connectivity index (χ1n) is 9.31. The predicted octanol–water partition coefficient (Wildman–Crippen LogP) is 1.48. The monoisotopic (exact) mass is 435 g/mol. The molecule has 0 saturated carbocycles. The number of piperazine rings is 1. The fraction of sp³-hybridized carbons (Fsp3) is 0.611. The van der Waals surface area contributed by atoms with Crippen LogP contribution in [0.25, 0.3) is 0 Å². The Balaban J connectivity index is 0.00000392. The number of benzene rings is 1. The van der Waals surface area contributed by atoms with E-state index >= 15 is 0 Å². The van der Waals surface area contributed by atoms with Crippen LogP contribution in [0.3, 0.4) is 0 Å². The van der Waals surface area contributed by atoms with E-state index in [4.69, 9.17) is 15.2 Å². The van der Waals surface area contributed by atoms with Gasteiger partial charge in [0.05, 0.1) is 18.1 Å². The van der Waals surface area contributed by atoms with E-state index in [2.05, 4.69) is 0 Å². The summed E-state index contributed by atoms with van der Waals surface area (Å²) in [6.45, 7) is 6.35. The van der Waals surface area contributed by atoms with Gasteiger partial charge in [0.25, 0.3) is 0 Å². The maximum atomic E-state index is 13.0. The van der Waals surface area contributed by atoms with Crippen LogP contribution in [0.2, 0.25) is 0 Å². The molecule has 8 nitrogen and oxygen atoms in total. The van der Waals surface area contributed by atoms with Crippen LogP contribution in [-0.2, 0) is 14.8 Å². The molecule has 0 atom stereocenters. The Morgan fingerprint density at radius 2 is 1.68 bits per heavy atom. The lowest BCUT2D eigenvalue weighted by molar-refractivity contribution is -0.132. The predicted molar refractivity (Wildman–Crippen MR) is 110 cm³/mol. The van der Waals surface area contributed by atoms with Gasteiger partial charge < -0.3 is 20.1 Å². The topological polar surface area (TPSA) is 102 Å². The minimum absolute atomic E-state index is 0. The molecule has 0 spiro atoms. The Kier molecular flexibility index (Phi) is 10.0. The second-order valence-corrected chi connectivity index (χ2v) is 8.09. The number of sulfonamides is 1. The maximum absolute atomic E-state index is 13.0. The van der Waals surface area contributed by atoms with E-state index in [0.29, 0.717) is 57.2 Å². The van der Waals surface area contributed by atoms with Crippen LogP contribution in [0.15, 0.2) is 23.1 Å². The van der Waals surface area contributed by atoms with E-state index in [0.717, 1.165) is 0 Å². The van der Waals surface area contributed by atoms with Gasteiger partial charge in [-0.15, -0.1) is 12.4 Å². The van der Waals surface area contributed by atoms with E-state index in [1.807, 2.05) is 13.8 Å². The molecule has 160 valence electrons. The highest BCUT2D eigenvalue weighted by Crippen LogP contribution is 2.31. The van der Waals surface area contributed by atoms with Crippen LogP contribution >= 0.6 is 12.4 Å². The van der Waals surface area contributed by atoms with Gasteiger partial charge in [0.1, 0.15) is 0 Å². The second kappa shape index (κ2) is 11.5. The fourth-order valence-electron chi connectivity index (χ4n) is 2.93. The molecule has 1 aromatic rings. The van der Waals surface area contributed by atoms with Crippen molar-refractivity contribution in [1.82, 2.24) is 9.21 Å². The lowest BCUT2D eigenvalue weighted by atomic mass is 10.2. The fourth-order valence-corrected chi connectivity index (χ4v) is 4.37. The molecule has 0 bridgehead atoms. The number of rotatable bonds is 9. The van der Waals surface area contributed by atoms with Crippen molar-refractivity contribution in [1.29, 1.82) is 0 Å². The molecule has 0 aromatic heterocycles. The average molecular weight is 436 g/mol. The Labute approximate surface area is 173 Å². The van der Waals surface area contributed by atoms with Crippen molar-refractivity contribution in [3.05, 3.63) is 18.2 Å². The van der Waals surface area contributed by atoms with Crippen molar-refractivity contribution in [2.45, 2.75) is 31.6 Å². The summed E-state index contributed by atoms with van der Waals surface area (Å²) < 4.78 is 38.4. The van der Waals surface area contributed by atoms with Gasteiger partial charge in [-0.3, -0.25) is 4.79 Å². The van der Waals surface area contributed by atoms with E-state index in [1.54, 1.807) is 11.0 Å². The van der Waals surface area contributed by atoms with Gasteiger partial charge in [0.2, 0.25) is 15.9 Å². The first-order chi connectivity index (χ1) is 12.9. The minimum atomic E-state index is -3.66. The highest BCUT2D eigenvalue weighted by molar-refractivity contribution is 7.89. The van der Waals surface area contributed by atoms with E-state index < -0.39 is 10.0 Å². The number of hydrogen-bond acceptors (Lipinski definition) is 6. The molecule has 10 heteroatoms. The number of nitrogens with two attached hydrogens (primary N) is 1. The Morgan fingerprint density at radius 3 is 2.25 bits per heavy atom. The lowest BCUT2D eigenvalue weighted by Gasteiger charge is -2.34. The highest BCUT2D eigenvalue weighted by atomic mass is 35.5. The molecule has 1 aliphatic rings. The van der Waals surface area contributed by atoms with Crippen LogP contribution < -0.4 is 15.2 Å². The van der Waals surface area contributed by atoms with Gasteiger partial charge in [0.15, 0.2) is 11.5 Å². The van der Waals surface area contributed by atoms with Crippen LogP contribution in [0.5, 0.6) is 11.5 Å². The van der Waals surface area contributed by atoms with Crippen molar-refractivity contribution in [3.63, 3.8) is 0 Å². The third-order valence-corrected chi connectivity index (χ3v) is 6.23. The molecular formula is C18H30ClN3O5S. The molecule has 1 saturated heterocycles. The summed E-state index contributed by atoms with van der Waals surface area (Å²) in [5.74, 6) is 0.960. The Hall–Kier alpha value is -1.55. The third-order valence-electron chi connectivity index (χ3n) is 4.34. The number of nitrogens with zero attached hydrogens (tertiary/aromatic N) is 2. The van der Waals surface area contributed by atoms with Gasteiger partial charge in [0, 0.05) is 38.7 Å². The summed E-state index contributed by atoms with van der Waals surface area (Å²) in [7, 11) is -3.66. The summed E-state index contributed by atoms with van der Waals surface area (Å²) in [6.07, 6.45) is 1.05. The average Bonchev–Trinajstić information content (AvgIpc) is 2.67. The van der Waals surface area contributed by atoms with Gasteiger partial charge in [-0.25, -0.2) is 8.42 Å². The lowest BCUT2D eigenvalue weighted by Crippen LogP contribution is -2.50. The van der Waals surface area contributed by atoms with Crippen LogP contribution in [0.4, 0.5) is 0 Å². The molecule has 2 rings (SSSR count). The van der Waals surface area contributed by atoms with Gasteiger partial charge in [-0.2, -0.15) is 4.31 Å². The van der Waals surface area contributed by atoms with E-state index in [-0.39, 0.29) is 36.3 Å². The first-order valence-corrected chi connectivity index (χ1v) is 10.8. The smallest absolute Gasteiger partial charge is 0.243 e. The van der Waals surface area contributed by atoms with Crippen molar-refractivity contribution in [2.24, 2.45) is 5.73 Å². The normalized spacial score (nSPS) is 15.0. The molecule has 0 unspecified atom stereocenters. The summed E-state index contributed by atoms with van der Waals surface area (Å²) in [4.78, 5) is 13.9. The molecule has 28 heavy (non-hydrogen) atoms. The van der Waals surface area contributed by atoms with Gasteiger partial charge in [-0.05, 0) is 38.9 Å². The second-order valence-electron chi connectivity index (χ2n) is 6.15. The van der Waals surface area contributed by atoms with Crippen LogP contribution in [-0.4, -0.2) is 69.5 Å². The van der Waals surface area contributed by atoms with Crippen molar-refractivity contribution in [2.75, 3.05) is 45.9 Å². The minimum Gasteiger partial charge on any atom is -0.490 e. The summed E-state index contributed by atoms with van der Waals surface area (Å²) >= 11 is 0. The molecule has 2 N–H and O–H groups in total. The van der Waals surface area contributed by atoms with Crippen molar-refractivity contribution >= 4 is 28.3 Å². The van der Waals surface area contributed by atoms with Crippen LogP contribution in [0.1, 0.15) is 26.7 Å².